The summed E-state index contributed by atoms with van der Waals surface area (Å²) < 4.78 is 15.9. The summed E-state index contributed by atoms with van der Waals surface area (Å²) in [6, 6.07) is 13.1. The lowest BCUT2D eigenvalue weighted by atomic mass is 10.1. The van der Waals surface area contributed by atoms with E-state index in [9.17, 15) is 4.79 Å². The zero-order chi connectivity index (χ0) is 19.4. The van der Waals surface area contributed by atoms with Crippen molar-refractivity contribution in [3.05, 3.63) is 52.9 Å². The van der Waals surface area contributed by atoms with Gasteiger partial charge in [0.05, 0.1) is 27.0 Å². The van der Waals surface area contributed by atoms with Crippen molar-refractivity contribution < 1.29 is 19.0 Å². The summed E-state index contributed by atoms with van der Waals surface area (Å²) in [5.74, 6) is 0.972. The summed E-state index contributed by atoms with van der Waals surface area (Å²) in [7, 11) is 4.54. The van der Waals surface area contributed by atoms with Gasteiger partial charge in [0.15, 0.2) is 16.6 Å². The van der Waals surface area contributed by atoms with Crippen LogP contribution >= 0.6 is 11.3 Å². The van der Waals surface area contributed by atoms with Crippen LogP contribution in [0, 0.1) is 6.92 Å². The summed E-state index contributed by atoms with van der Waals surface area (Å²) in [4.78, 5) is 18.3. The highest BCUT2D eigenvalue weighted by Gasteiger charge is 2.18. The Labute approximate surface area is 161 Å². The molecule has 0 saturated heterocycles. The number of carbonyl (C=O) groups is 1. The molecule has 2 aromatic carbocycles. The van der Waals surface area contributed by atoms with Crippen molar-refractivity contribution in [1.29, 1.82) is 0 Å². The van der Waals surface area contributed by atoms with Crippen molar-refractivity contribution in [3.8, 4) is 28.5 Å². The highest BCUT2D eigenvalue weighted by Crippen LogP contribution is 2.38. The van der Waals surface area contributed by atoms with Crippen LogP contribution in [0.2, 0.25) is 0 Å². The maximum atomic E-state index is 12.7. The lowest BCUT2D eigenvalue weighted by Gasteiger charge is -2.13. The fraction of sp³-hybridized carbons (Fsp3) is 0.200. The number of hydrogen-bond acceptors (Lipinski definition) is 6. The second kappa shape index (κ2) is 8.09. The fourth-order valence-corrected chi connectivity index (χ4v) is 3.53. The molecule has 140 valence electrons. The van der Waals surface area contributed by atoms with Crippen molar-refractivity contribution in [2.45, 2.75) is 6.92 Å². The van der Waals surface area contributed by atoms with Gasteiger partial charge in [0, 0.05) is 16.0 Å². The van der Waals surface area contributed by atoms with Crippen LogP contribution in [-0.2, 0) is 0 Å². The molecule has 0 aliphatic rings. The second-order valence-corrected chi connectivity index (χ2v) is 6.86. The van der Waals surface area contributed by atoms with Crippen molar-refractivity contribution in [2.24, 2.45) is 0 Å². The Hall–Kier alpha value is -3.06. The molecule has 1 heterocycles. The summed E-state index contributed by atoms with van der Waals surface area (Å²) in [6.45, 7) is 1.98. The molecule has 0 saturated carbocycles. The predicted octanol–water partition coefficient (Wildman–Crippen LogP) is 4.40. The van der Waals surface area contributed by atoms with E-state index in [1.165, 1.54) is 32.7 Å². The number of aromatic nitrogens is 1. The fourth-order valence-electron chi connectivity index (χ4n) is 2.70. The van der Waals surface area contributed by atoms with Gasteiger partial charge in [-0.2, -0.15) is 0 Å². The molecule has 6 nitrogen and oxygen atoms in total. The smallest absolute Gasteiger partial charge is 0.257 e. The first-order chi connectivity index (χ1) is 13.1. The topological polar surface area (TPSA) is 69.7 Å². The summed E-state index contributed by atoms with van der Waals surface area (Å²) in [5, 5.41) is 3.38. The Morgan fingerprint density at radius 2 is 1.63 bits per heavy atom. The monoisotopic (exact) mass is 384 g/mol. The van der Waals surface area contributed by atoms with Gasteiger partial charge in [0.25, 0.3) is 5.91 Å². The van der Waals surface area contributed by atoms with Crippen LogP contribution in [0.5, 0.6) is 17.2 Å². The van der Waals surface area contributed by atoms with Gasteiger partial charge in [-0.05, 0) is 19.1 Å². The van der Waals surface area contributed by atoms with Gasteiger partial charge in [0.2, 0.25) is 5.75 Å². The molecule has 1 aromatic heterocycles. The first kappa shape index (κ1) is 18.7. The molecule has 1 N–H and O–H groups in total. The molecule has 1 amide bonds. The second-order valence-electron chi connectivity index (χ2n) is 5.66. The molecule has 0 aliphatic heterocycles. The first-order valence-electron chi connectivity index (χ1n) is 8.21. The minimum absolute atomic E-state index is 0.303. The molecular formula is C20H20N2O4S. The molecular weight excluding hydrogens is 364 g/mol. The third kappa shape index (κ3) is 3.88. The number of benzene rings is 2. The standard InChI is InChI=1S/C20H20N2O4S/c1-12-17(13-8-6-5-7-9-13)21-20(27-12)22-19(23)14-10-15(24-2)18(26-4)16(11-14)25-3/h5-11H,1-4H3,(H,21,22,23). The molecule has 0 radical (unpaired) electrons. The van der Waals surface area contributed by atoms with Crippen LogP contribution in [0.15, 0.2) is 42.5 Å². The molecule has 0 spiro atoms. The van der Waals surface area contributed by atoms with Gasteiger partial charge in [-0.3, -0.25) is 10.1 Å². The molecule has 0 fully saturated rings. The predicted molar refractivity (Wildman–Crippen MR) is 106 cm³/mol. The Kier molecular flexibility index (Phi) is 5.61. The molecule has 3 aromatic rings. The van der Waals surface area contributed by atoms with E-state index in [0.29, 0.717) is 27.9 Å². The van der Waals surface area contributed by atoms with E-state index in [2.05, 4.69) is 10.3 Å². The zero-order valence-electron chi connectivity index (χ0n) is 15.5. The average molecular weight is 384 g/mol. The van der Waals surface area contributed by atoms with Gasteiger partial charge < -0.3 is 14.2 Å². The number of thiazole rings is 1. The summed E-state index contributed by atoms with van der Waals surface area (Å²) in [5.41, 5.74) is 2.26. The Morgan fingerprint density at radius 3 is 2.19 bits per heavy atom. The molecule has 3 rings (SSSR count). The van der Waals surface area contributed by atoms with E-state index >= 15 is 0 Å². The Balaban J connectivity index is 1.88. The van der Waals surface area contributed by atoms with Crippen molar-refractivity contribution in [3.63, 3.8) is 0 Å². The third-order valence-corrected chi connectivity index (χ3v) is 4.88. The van der Waals surface area contributed by atoms with Crippen LogP contribution in [0.25, 0.3) is 11.3 Å². The molecule has 27 heavy (non-hydrogen) atoms. The Morgan fingerprint density at radius 1 is 1.00 bits per heavy atom. The van der Waals surface area contributed by atoms with Crippen LogP contribution < -0.4 is 19.5 Å². The van der Waals surface area contributed by atoms with E-state index in [1.54, 1.807) is 12.1 Å². The number of nitrogens with zero attached hydrogens (tertiary/aromatic N) is 1. The number of hydrogen-bond donors (Lipinski definition) is 1. The highest BCUT2D eigenvalue weighted by molar-refractivity contribution is 7.16. The Bertz CT molecular complexity index is 929. The van der Waals surface area contributed by atoms with Crippen LogP contribution in [0.1, 0.15) is 15.2 Å². The SMILES string of the molecule is COc1cc(C(=O)Nc2nc(-c3ccccc3)c(C)s2)cc(OC)c1OC. The van der Waals surface area contributed by atoms with Gasteiger partial charge in [-0.25, -0.2) is 4.98 Å². The summed E-state index contributed by atoms with van der Waals surface area (Å²) >= 11 is 1.43. The number of nitrogens with one attached hydrogen (secondary N) is 1. The van der Waals surface area contributed by atoms with Crippen molar-refractivity contribution >= 4 is 22.4 Å². The molecule has 7 heteroatoms. The molecule has 0 bridgehead atoms. The molecule has 0 aliphatic carbocycles. The van der Waals surface area contributed by atoms with Crippen molar-refractivity contribution in [2.75, 3.05) is 26.6 Å². The van der Waals surface area contributed by atoms with E-state index < -0.39 is 0 Å². The number of ether oxygens (including phenoxy) is 3. The maximum Gasteiger partial charge on any atom is 0.257 e. The number of carbonyl (C=O) groups excluding carboxylic acids is 1. The van der Waals surface area contributed by atoms with Gasteiger partial charge >= 0.3 is 0 Å². The third-order valence-electron chi connectivity index (χ3n) is 3.99. The van der Waals surface area contributed by atoms with Gasteiger partial charge in [0.1, 0.15) is 0 Å². The average Bonchev–Trinajstić information content (AvgIpc) is 3.07. The number of methoxy groups -OCH3 is 3. The number of rotatable bonds is 6. The van der Waals surface area contributed by atoms with E-state index in [-0.39, 0.29) is 5.91 Å². The quantitative estimate of drug-likeness (QED) is 0.682. The summed E-state index contributed by atoms with van der Waals surface area (Å²) in [6.07, 6.45) is 0. The normalized spacial score (nSPS) is 10.4. The highest BCUT2D eigenvalue weighted by atomic mass is 32.1. The van der Waals surface area contributed by atoms with E-state index in [1.807, 2.05) is 37.3 Å². The van der Waals surface area contributed by atoms with E-state index in [4.69, 9.17) is 14.2 Å². The zero-order valence-corrected chi connectivity index (χ0v) is 16.3. The molecule has 0 unspecified atom stereocenters. The molecule has 0 atom stereocenters. The van der Waals surface area contributed by atoms with Gasteiger partial charge in [-0.1, -0.05) is 30.3 Å². The lowest BCUT2D eigenvalue weighted by Crippen LogP contribution is -2.12. The van der Waals surface area contributed by atoms with E-state index in [0.717, 1.165) is 16.1 Å². The number of anilines is 1. The van der Waals surface area contributed by atoms with Crippen LogP contribution in [-0.4, -0.2) is 32.2 Å². The minimum Gasteiger partial charge on any atom is -0.493 e. The van der Waals surface area contributed by atoms with Crippen LogP contribution in [0.3, 0.4) is 0 Å². The minimum atomic E-state index is -0.303. The number of amides is 1. The van der Waals surface area contributed by atoms with Crippen LogP contribution in [0.4, 0.5) is 5.13 Å². The maximum absolute atomic E-state index is 12.7. The number of aryl methyl sites for hydroxylation is 1. The van der Waals surface area contributed by atoms with Gasteiger partial charge in [-0.15, -0.1) is 11.3 Å². The largest absolute Gasteiger partial charge is 0.493 e. The first-order valence-corrected chi connectivity index (χ1v) is 9.03. The lowest BCUT2D eigenvalue weighted by molar-refractivity contribution is 0.102. The van der Waals surface area contributed by atoms with Crippen molar-refractivity contribution in [1.82, 2.24) is 4.98 Å².